The number of rotatable bonds is 4. The average Bonchev–Trinajstić information content (AvgIpc) is 2.40. The van der Waals surface area contributed by atoms with Crippen LogP contribution < -0.4 is 5.32 Å². The molecule has 2 fully saturated rings. The third-order valence-corrected chi connectivity index (χ3v) is 5.42. The number of nitrogens with zero attached hydrogens (tertiary/aromatic N) is 1. The monoisotopic (exact) mass is 252 g/mol. The Morgan fingerprint density at radius 3 is 2.33 bits per heavy atom. The van der Waals surface area contributed by atoms with Crippen molar-refractivity contribution in [2.45, 2.75) is 58.9 Å². The van der Waals surface area contributed by atoms with E-state index in [2.05, 4.69) is 31.0 Å². The lowest BCUT2D eigenvalue weighted by Gasteiger charge is -2.42. The molecule has 3 unspecified atom stereocenters. The first kappa shape index (κ1) is 14.3. The molecule has 18 heavy (non-hydrogen) atoms. The second kappa shape index (κ2) is 6.91. The molecular weight excluding hydrogens is 220 g/mol. The Bertz CT molecular complexity index is 233. The maximum atomic E-state index is 3.51. The van der Waals surface area contributed by atoms with E-state index in [9.17, 15) is 0 Å². The lowest BCUT2D eigenvalue weighted by Crippen LogP contribution is -2.45. The van der Waals surface area contributed by atoms with Crippen molar-refractivity contribution < 1.29 is 0 Å². The fourth-order valence-corrected chi connectivity index (χ4v) is 3.72. The van der Waals surface area contributed by atoms with Gasteiger partial charge in [-0.15, -0.1) is 0 Å². The fraction of sp³-hybridized carbons (Fsp3) is 1.00. The molecule has 0 spiro atoms. The Morgan fingerprint density at radius 2 is 1.72 bits per heavy atom. The minimum atomic E-state index is 0.899. The van der Waals surface area contributed by atoms with Gasteiger partial charge in [-0.1, -0.05) is 20.8 Å². The molecule has 106 valence electrons. The minimum Gasteiger partial charge on any atom is -0.317 e. The first-order valence-electron chi connectivity index (χ1n) is 8.15. The highest BCUT2D eigenvalue weighted by Crippen LogP contribution is 2.33. The summed E-state index contributed by atoms with van der Waals surface area (Å²) in [6.45, 7) is 12.2. The van der Waals surface area contributed by atoms with Crippen LogP contribution in [0, 0.1) is 17.8 Å². The van der Waals surface area contributed by atoms with Crippen LogP contribution in [0.5, 0.6) is 0 Å². The number of likely N-dealkylation sites (tertiary alicyclic amines) is 1. The largest absolute Gasteiger partial charge is 0.317 e. The van der Waals surface area contributed by atoms with E-state index in [0.29, 0.717) is 0 Å². The first-order chi connectivity index (χ1) is 8.70. The van der Waals surface area contributed by atoms with Crippen molar-refractivity contribution in [3.05, 3.63) is 0 Å². The Balaban J connectivity index is 1.72. The van der Waals surface area contributed by atoms with E-state index in [1.54, 1.807) is 0 Å². The van der Waals surface area contributed by atoms with Gasteiger partial charge in [0.05, 0.1) is 0 Å². The summed E-state index contributed by atoms with van der Waals surface area (Å²) >= 11 is 0. The normalized spacial score (nSPS) is 35.8. The summed E-state index contributed by atoms with van der Waals surface area (Å²) in [6.07, 6.45) is 7.16. The van der Waals surface area contributed by atoms with Crippen molar-refractivity contribution in [1.82, 2.24) is 10.2 Å². The van der Waals surface area contributed by atoms with Crippen LogP contribution in [-0.2, 0) is 0 Å². The molecule has 0 aromatic carbocycles. The van der Waals surface area contributed by atoms with Crippen LogP contribution in [0.25, 0.3) is 0 Å². The standard InChI is InChI=1S/C16H32N2/c1-4-17-12-15-7-9-18(10-8-15)16-6-5-13(2)14(3)11-16/h13-17H,4-12H2,1-3H3. The van der Waals surface area contributed by atoms with Gasteiger partial charge in [-0.05, 0) is 76.0 Å². The van der Waals surface area contributed by atoms with Crippen LogP contribution in [-0.4, -0.2) is 37.1 Å². The van der Waals surface area contributed by atoms with Crippen molar-refractivity contribution >= 4 is 0 Å². The van der Waals surface area contributed by atoms with Gasteiger partial charge in [0, 0.05) is 6.04 Å². The summed E-state index contributed by atoms with van der Waals surface area (Å²) in [5.74, 6) is 2.82. The van der Waals surface area contributed by atoms with Crippen LogP contribution in [0.2, 0.25) is 0 Å². The smallest absolute Gasteiger partial charge is 0.00979 e. The predicted octanol–water partition coefficient (Wildman–Crippen LogP) is 3.13. The molecule has 0 aromatic rings. The third kappa shape index (κ3) is 3.71. The molecule has 1 saturated carbocycles. The van der Waals surface area contributed by atoms with Crippen molar-refractivity contribution in [1.29, 1.82) is 0 Å². The van der Waals surface area contributed by atoms with Crippen molar-refractivity contribution in [2.75, 3.05) is 26.2 Å². The minimum absolute atomic E-state index is 0.899. The number of hydrogen-bond donors (Lipinski definition) is 1. The second-order valence-electron chi connectivity index (χ2n) is 6.71. The summed E-state index contributed by atoms with van der Waals surface area (Å²) in [5, 5.41) is 3.51. The van der Waals surface area contributed by atoms with Gasteiger partial charge < -0.3 is 10.2 Å². The molecule has 0 aromatic heterocycles. The molecule has 0 bridgehead atoms. The van der Waals surface area contributed by atoms with E-state index >= 15 is 0 Å². The van der Waals surface area contributed by atoms with Gasteiger partial charge in [-0.2, -0.15) is 0 Å². The lowest BCUT2D eigenvalue weighted by atomic mass is 9.78. The van der Waals surface area contributed by atoms with Gasteiger partial charge in [0.1, 0.15) is 0 Å². The summed E-state index contributed by atoms with van der Waals surface area (Å²) in [7, 11) is 0. The van der Waals surface area contributed by atoms with Gasteiger partial charge in [-0.3, -0.25) is 0 Å². The zero-order valence-electron chi connectivity index (χ0n) is 12.6. The first-order valence-corrected chi connectivity index (χ1v) is 8.15. The van der Waals surface area contributed by atoms with E-state index in [4.69, 9.17) is 0 Å². The van der Waals surface area contributed by atoms with Crippen LogP contribution in [0.3, 0.4) is 0 Å². The summed E-state index contributed by atoms with van der Waals surface area (Å²) < 4.78 is 0. The SMILES string of the molecule is CCNCC1CCN(C2CCC(C)C(C)C2)CC1. The van der Waals surface area contributed by atoms with Gasteiger partial charge in [0.2, 0.25) is 0 Å². The molecule has 1 heterocycles. The van der Waals surface area contributed by atoms with Gasteiger partial charge >= 0.3 is 0 Å². The van der Waals surface area contributed by atoms with Crippen LogP contribution in [0.1, 0.15) is 52.9 Å². The highest BCUT2D eigenvalue weighted by atomic mass is 15.2. The molecule has 0 radical (unpaired) electrons. The molecule has 3 atom stereocenters. The highest BCUT2D eigenvalue weighted by Gasteiger charge is 2.30. The molecule has 0 amide bonds. The van der Waals surface area contributed by atoms with E-state index in [1.807, 2.05) is 0 Å². The molecule has 1 saturated heterocycles. The quantitative estimate of drug-likeness (QED) is 0.827. The van der Waals surface area contributed by atoms with E-state index in [1.165, 1.54) is 51.7 Å². The molecule has 1 N–H and O–H groups in total. The van der Waals surface area contributed by atoms with Crippen LogP contribution >= 0.6 is 0 Å². The molecule has 2 rings (SSSR count). The summed E-state index contributed by atoms with van der Waals surface area (Å²) in [6, 6.07) is 0.899. The molecule has 2 aliphatic rings. The second-order valence-corrected chi connectivity index (χ2v) is 6.71. The molecule has 2 heteroatoms. The van der Waals surface area contributed by atoms with Crippen molar-refractivity contribution in [3.63, 3.8) is 0 Å². The number of piperidine rings is 1. The molecule has 2 nitrogen and oxygen atoms in total. The third-order valence-electron chi connectivity index (χ3n) is 5.42. The maximum Gasteiger partial charge on any atom is 0.00979 e. The zero-order valence-corrected chi connectivity index (χ0v) is 12.6. The summed E-state index contributed by atoms with van der Waals surface area (Å²) in [4.78, 5) is 2.80. The zero-order chi connectivity index (χ0) is 13.0. The van der Waals surface area contributed by atoms with Gasteiger partial charge in [0.15, 0.2) is 0 Å². The van der Waals surface area contributed by atoms with Crippen molar-refractivity contribution in [3.8, 4) is 0 Å². The topological polar surface area (TPSA) is 15.3 Å². The Labute approximate surface area is 114 Å². The van der Waals surface area contributed by atoms with E-state index in [-0.39, 0.29) is 0 Å². The van der Waals surface area contributed by atoms with Crippen LogP contribution in [0.4, 0.5) is 0 Å². The highest BCUT2D eigenvalue weighted by molar-refractivity contribution is 4.85. The van der Waals surface area contributed by atoms with E-state index in [0.717, 1.165) is 30.3 Å². The molecular formula is C16H32N2. The molecule has 1 aliphatic carbocycles. The lowest BCUT2D eigenvalue weighted by molar-refractivity contribution is 0.0759. The van der Waals surface area contributed by atoms with Crippen molar-refractivity contribution in [2.24, 2.45) is 17.8 Å². The van der Waals surface area contributed by atoms with Gasteiger partial charge in [-0.25, -0.2) is 0 Å². The van der Waals surface area contributed by atoms with Gasteiger partial charge in [0.25, 0.3) is 0 Å². The fourth-order valence-electron chi connectivity index (χ4n) is 3.72. The Hall–Kier alpha value is -0.0800. The maximum absolute atomic E-state index is 3.51. The Morgan fingerprint density at radius 1 is 1.00 bits per heavy atom. The van der Waals surface area contributed by atoms with Crippen LogP contribution in [0.15, 0.2) is 0 Å². The number of hydrogen-bond acceptors (Lipinski definition) is 2. The summed E-state index contributed by atoms with van der Waals surface area (Å²) in [5.41, 5.74) is 0. The number of nitrogens with one attached hydrogen (secondary N) is 1. The average molecular weight is 252 g/mol. The predicted molar refractivity (Wildman–Crippen MR) is 78.8 cm³/mol. The molecule has 1 aliphatic heterocycles. The Kier molecular flexibility index (Phi) is 5.50. The van der Waals surface area contributed by atoms with E-state index < -0.39 is 0 Å².